The standard InChI is InChI=1S/C22H23ClN4O/c1-26-12-11-20(22(26)17-7-9-18(23)10-8-17)25-21(28)13-16-14-24-27(15-16)19-5-3-2-4-6-19/h2-10,14-15,20,22H,11-13H2,1H3,(H,25,28). The van der Waals surface area contributed by atoms with Gasteiger partial charge in [-0.15, -0.1) is 0 Å². The maximum atomic E-state index is 12.7. The monoisotopic (exact) mass is 394 g/mol. The highest BCUT2D eigenvalue weighted by Gasteiger charge is 2.33. The zero-order chi connectivity index (χ0) is 19.5. The van der Waals surface area contributed by atoms with Crippen molar-refractivity contribution in [2.24, 2.45) is 0 Å². The lowest BCUT2D eigenvalue weighted by molar-refractivity contribution is -0.121. The number of likely N-dealkylation sites (tertiary alicyclic amines) is 1. The van der Waals surface area contributed by atoms with Crippen LogP contribution in [-0.4, -0.2) is 40.2 Å². The summed E-state index contributed by atoms with van der Waals surface area (Å²) in [6.07, 6.45) is 4.91. The number of carbonyl (C=O) groups excluding carboxylic acids is 1. The van der Waals surface area contributed by atoms with Gasteiger partial charge in [-0.05, 0) is 48.9 Å². The summed E-state index contributed by atoms with van der Waals surface area (Å²) in [5.74, 6) is 0.0203. The second kappa shape index (κ2) is 8.17. The Morgan fingerprint density at radius 3 is 2.68 bits per heavy atom. The topological polar surface area (TPSA) is 50.2 Å². The third-order valence-electron chi connectivity index (χ3n) is 5.23. The van der Waals surface area contributed by atoms with Crippen molar-refractivity contribution in [2.75, 3.05) is 13.6 Å². The average Bonchev–Trinajstić information content (AvgIpc) is 3.30. The Morgan fingerprint density at radius 1 is 1.18 bits per heavy atom. The lowest BCUT2D eigenvalue weighted by Gasteiger charge is -2.26. The SMILES string of the molecule is CN1CCC(NC(=O)Cc2cnn(-c3ccccc3)c2)C1c1ccc(Cl)cc1. The van der Waals surface area contributed by atoms with Gasteiger partial charge in [0, 0.05) is 23.8 Å². The predicted octanol–water partition coefficient (Wildman–Crippen LogP) is 3.63. The van der Waals surface area contributed by atoms with Crippen LogP contribution in [0, 0.1) is 0 Å². The van der Waals surface area contributed by atoms with E-state index in [9.17, 15) is 4.79 Å². The largest absolute Gasteiger partial charge is 0.351 e. The van der Waals surface area contributed by atoms with Crippen molar-refractivity contribution in [3.8, 4) is 5.69 Å². The number of hydrogen-bond acceptors (Lipinski definition) is 3. The van der Waals surface area contributed by atoms with Crippen molar-refractivity contribution in [1.82, 2.24) is 20.0 Å². The summed E-state index contributed by atoms with van der Waals surface area (Å²) < 4.78 is 1.79. The number of rotatable bonds is 5. The first-order valence-corrected chi connectivity index (χ1v) is 9.82. The zero-order valence-electron chi connectivity index (χ0n) is 15.8. The molecule has 1 aliphatic rings. The number of nitrogens with zero attached hydrogens (tertiary/aromatic N) is 3. The molecule has 0 spiro atoms. The van der Waals surface area contributed by atoms with E-state index in [1.807, 2.05) is 60.8 Å². The van der Waals surface area contributed by atoms with Crippen molar-refractivity contribution in [1.29, 1.82) is 0 Å². The first-order valence-electron chi connectivity index (χ1n) is 9.44. The Morgan fingerprint density at radius 2 is 1.93 bits per heavy atom. The second-order valence-corrected chi connectivity index (χ2v) is 7.68. The molecular weight excluding hydrogens is 372 g/mol. The van der Waals surface area contributed by atoms with E-state index in [0.29, 0.717) is 6.42 Å². The van der Waals surface area contributed by atoms with Crippen molar-refractivity contribution < 1.29 is 4.79 Å². The van der Waals surface area contributed by atoms with Crippen LogP contribution in [0.25, 0.3) is 5.69 Å². The summed E-state index contributed by atoms with van der Waals surface area (Å²) in [5, 5.41) is 8.31. The molecule has 4 rings (SSSR count). The summed E-state index contributed by atoms with van der Waals surface area (Å²) >= 11 is 6.02. The highest BCUT2D eigenvalue weighted by atomic mass is 35.5. The van der Waals surface area contributed by atoms with Crippen molar-refractivity contribution in [3.05, 3.63) is 83.1 Å². The van der Waals surface area contributed by atoms with E-state index in [2.05, 4.69) is 22.4 Å². The van der Waals surface area contributed by atoms with Crippen LogP contribution >= 0.6 is 11.6 Å². The van der Waals surface area contributed by atoms with Crippen LogP contribution in [-0.2, 0) is 11.2 Å². The molecule has 1 aliphatic heterocycles. The van der Waals surface area contributed by atoms with E-state index < -0.39 is 0 Å². The Bertz CT molecular complexity index is 939. The minimum Gasteiger partial charge on any atom is -0.351 e. The van der Waals surface area contributed by atoms with Gasteiger partial charge in [-0.1, -0.05) is 41.9 Å². The molecule has 1 fully saturated rings. The number of carbonyl (C=O) groups is 1. The maximum Gasteiger partial charge on any atom is 0.224 e. The summed E-state index contributed by atoms with van der Waals surface area (Å²) in [6.45, 7) is 0.949. The van der Waals surface area contributed by atoms with Crippen molar-refractivity contribution in [2.45, 2.75) is 24.9 Å². The molecule has 0 bridgehead atoms. The molecule has 28 heavy (non-hydrogen) atoms. The minimum absolute atomic E-state index is 0.0203. The van der Waals surface area contributed by atoms with Crippen LogP contribution in [0.4, 0.5) is 0 Å². The van der Waals surface area contributed by atoms with E-state index >= 15 is 0 Å². The molecule has 1 saturated heterocycles. The number of benzene rings is 2. The summed E-state index contributed by atoms with van der Waals surface area (Å²) in [5.41, 5.74) is 3.05. The molecule has 6 heteroatoms. The Balaban J connectivity index is 1.42. The Labute approximate surface area is 169 Å². The molecule has 0 aliphatic carbocycles. The van der Waals surface area contributed by atoms with Crippen LogP contribution < -0.4 is 5.32 Å². The van der Waals surface area contributed by atoms with Gasteiger partial charge in [0.1, 0.15) is 0 Å². The molecule has 0 radical (unpaired) electrons. The van der Waals surface area contributed by atoms with Gasteiger partial charge in [0.05, 0.1) is 24.3 Å². The average molecular weight is 395 g/mol. The molecule has 2 unspecified atom stereocenters. The van der Waals surface area contributed by atoms with Crippen LogP contribution in [0.15, 0.2) is 67.0 Å². The third kappa shape index (κ3) is 4.11. The number of likely N-dealkylation sites (N-methyl/N-ethyl adjacent to an activating group) is 1. The molecule has 1 amide bonds. The van der Waals surface area contributed by atoms with E-state index in [1.165, 1.54) is 5.56 Å². The van der Waals surface area contributed by atoms with E-state index in [4.69, 9.17) is 11.6 Å². The number of nitrogens with one attached hydrogen (secondary N) is 1. The van der Waals surface area contributed by atoms with E-state index in [-0.39, 0.29) is 18.0 Å². The summed E-state index contributed by atoms with van der Waals surface area (Å²) in [6, 6.07) is 18.0. The first kappa shape index (κ1) is 18.7. The van der Waals surface area contributed by atoms with Gasteiger partial charge in [0.15, 0.2) is 0 Å². The molecule has 2 aromatic carbocycles. The molecular formula is C22H23ClN4O. The van der Waals surface area contributed by atoms with Crippen LogP contribution in [0.1, 0.15) is 23.6 Å². The normalized spacial score (nSPS) is 19.6. The lowest BCUT2D eigenvalue weighted by atomic mass is 10.00. The molecule has 144 valence electrons. The highest BCUT2D eigenvalue weighted by Crippen LogP contribution is 2.31. The molecule has 2 heterocycles. The van der Waals surface area contributed by atoms with Gasteiger partial charge in [0.25, 0.3) is 0 Å². The summed E-state index contributed by atoms with van der Waals surface area (Å²) in [7, 11) is 2.09. The number of aromatic nitrogens is 2. The van der Waals surface area contributed by atoms with Crippen molar-refractivity contribution >= 4 is 17.5 Å². The van der Waals surface area contributed by atoms with Gasteiger partial charge in [0.2, 0.25) is 5.91 Å². The van der Waals surface area contributed by atoms with E-state index in [0.717, 1.165) is 29.2 Å². The molecule has 3 aromatic rings. The van der Waals surface area contributed by atoms with Crippen LogP contribution in [0.2, 0.25) is 5.02 Å². The smallest absolute Gasteiger partial charge is 0.224 e. The summed E-state index contributed by atoms with van der Waals surface area (Å²) in [4.78, 5) is 14.9. The second-order valence-electron chi connectivity index (χ2n) is 7.25. The van der Waals surface area contributed by atoms with Gasteiger partial charge >= 0.3 is 0 Å². The lowest BCUT2D eigenvalue weighted by Crippen LogP contribution is -2.39. The number of halogens is 1. The molecule has 1 aromatic heterocycles. The van der Waals surface area contributed by atoms with Crippen LogP contribution in [0.3, 0.4) is 0 Å². The van der Waals surface area contributed by atoms with Crippen LogP contribution in [0.5, 0.6) is 0 Å². The van der Waals surface area contributed by atoms with Gasteiger partial charge in [-0.2, -0.15) is 5.10 Å². The fraction of sp³-hybridized carbons (Fsp3) is 0.273. The molecule has 1 N–H and O–H groups in total. The first-order chi connectivity index (χ1) is 13.6. The minimum atomic E-state index is 0.0203. The fourth-order valence-electron chi connectivity index (χ4n) is 3.86. The number of hydrogen-bond donors (Lipinski definition) is 1. The number of amides is 1. The van der Waals surface area contributed by atoms with Gasteiger partial charge in [-0.25, -0.2) is 4.68 Å². The zero-order valence-corrected chi connectivity index (χ0v) is 16.5. The molecule has 5 nitrogen and oxygen atoms in total. The quantitative estimate of drug-likeness (QED) is 0.718. The van der Waals surface area contributed by atoms with Gasteiger partial charge in [-0.3, -0.25) is 9.69 Å². The Hall–Kier alpha value is -2.63. The predicted molar refractivity (Wildman–Crippen MR) is 111 cm³/mol. The number of para-hydroxylation sites is 1. The Kier molecular flexibility index (Phi) is 5.46. The maximum absolute atomic E-state index is 12.7. The van der Waals surface area contributed by atoms with Gasteiger partial charge < -0.3 is 5.32 Å². The van der Waals surface area contributed by atoms with E-state index in [1.54, 1.807) is 10.9 Å². The molecule has 0 saturated carbocycles. The van der Waals surface area contributed by atoms with Crippen molar-refractivity contribution in [3.63, 3.8) is 0 Å². The third-order valence-corrected chi connectivity index (χ3v) is 5.48. The fourth-order valence-corrected chi connectivity index (χ4v) is 3.99. The molecule has 2 atom stereocenters. The highest BCUT2D eigenvalue weighted by molar-refractivity contribution is 6.30.